The molecule has 0 amide bonds. The summed E-state index contributed by atoms with van der Waals surface area (Å²) in [6.07, 6.45) is 7.46. The second-order valence-corrected chi connectivity index (χ2v) is 13.6. The SMILES string of the molecule is C=CC(=O)OCc1cc(-c2ccc(CCCCCCC)cc2F)ccc1-c1ccc(OCC(COC(=O)C(=C)C)(COC(=O)C(C)=O)COC(=O)C(C)=O)cc1. The van der Waals surface area contributed by atoms with Crippen molar-refractivity contribution in [2.45, 2.75) is 72.8 Å². The minimum absolute atomic E-state index is 0.0649. The van der Waals surface area contributed by atoms with E-state index >= 15 is 4.39 Å². The summed E-state index contributed by atoms with van der Waals surface area (Å²) >= 11 is 0. The van der Waals surface area contributed by atoms with Gasteiger partial charge in [-0.05, 0) is 71.8 Å². The van der Waals surface area contributed by atoms with Gasteiger partial charge >= 0.3 is 23.9 Å². The molecule has 3 rings (SSSR count). The first-order chi connectivity index (χ1) is 26.7. The normalized spacial score (nSPS) is 10.9. The zero-order valence-electron chi connectivity index (χ0n) is 32.4. The zero-order chi connectivity index (χ0) is 41.3. The second kappa shape index (κ2) is 21.8. The summed E-state index contributed by atoms with van der Waals surface area (Å²) in [5.74, 6) is -5.63. The molecular formula is C44H49FO11. The van der Waals surface area contributed by atoms with Gasteiger partial charge in [0.05, 0.1) is 0 Å². The van der Waals surface area contributed by atoms with Crippen molar-refractivity contribution in [3.8, 4) is 28.0 Å². The van der Waals surface area contributed by atoms with E-state index in [4.69, 9.17) is 23.7 Å². The van der Waals surface area contributed by atoms with Crippen LogP contribution in [0.5, 0.6) is 5.75 Å². The van der Waals surface area contributed by atoms with Gasteiger partial charge in [0.1, 0.15) is 50.0 Å². The number of carbonyl (C=O) groups excluding carboxylic acids is 6. The maximum atomic E-state index is 15.4. The maximum absolute atomic E-state index is 15.4. The Morgan fingerprint density at radius 1 is 0.679 bits per heavy atom. The van der Waals surface area contributed by atoms with E-state index in [1.165, 1.54) is 13.3 Å². The number of unbranched alkanes of at least 4 members (excludes halogenated alkanes) is 4. The Hall–Kier alpha value is -5.91. The van der Waals surface area contributed by atoms with E-state index in [0.717, 1.165) is 57.6 Å². The van der Waals surface area contributed by atoms with E-state index in [1.807, 2.05) is 6.07 Å². The predicted molar refractivity (Wildman–Crippen MR) is 207 cm³/mol. The van der Waals surface area contributed by atoms with Gasteiger partial charge in [-0.15, -0.1) is 0 Å². The Bertz CT molecular complexity index is 1840. The Morgan fingerprint density at radius 2 is 1.25 bits per heavy atom. The average Bonchev–Trinajstić information content (AvgIpc) is 3.18. The highest BCUT2D eigenvalue weighted by molar-refractivity contribution is 6.32. The van der Waals surface area contributed by atoms with Gasteiger partial charge in [0.15, 0.2) is 0 Å². The molecule has 0 aliphatic carbocycles. The topological polar surface area (TPSA) is 149 Å². The van der Waals surface area contributed by atoms with Crippen molar-refractivity contribution in [2.75, 3.05) is 26.4 Å². The Balaban J connectivity index is 1.90. The molecule has 56 heavy (non-hydrogen) atoms. The fraction of sp³-hybridized carbons (Fsp3) is 0.364. The van der Waals surface area contributed by atoms with E-state index < -0.39 is 60.7 Å². The van der Waals surface area contributed by atoms with Crippen LogP contribution >= 0.6 is 0 Å². The van der Waals surface area contributed by atoms with Crippen LogP contribution in [0.4, 0.5) is 4.39 Å². The van der Waals surface area contributed by atoms with Crippen molar-refractivity contribution in [1.29, 1.82) is 0 Å². The molecule has 0 heterocycles. The lowest BCUT2D eigenvalue weighted by Gasteiger charge is -2.31. The number of aryl methyl sites for hydroxylation is 1. The van der Waals surface area contributed by atoms with Crippen molar-refractivity contribution in [3.05, 3.63) is 102 Å². The largest absolute Gasteiger partial charge is 0.493 e. The molecule has 0 N–H and O–H groups in total. The molecule has 298 valence electrons. The number of ketones is 2. The van der Waals surface area contributed by atoms with Gasteiger partial charge in [-0.1, -0.05) is 82.2 Å². The van der Waals surface area contributed by atoms with Gasteiger partial charge in [-0.2, -0.15) is 0 Å². The molecule has 0 aromatic heterocycles. The van der Waals surface area contributed by atoms with E-state index in [0.29, 0.717) is 33.6 Å². The van der Waals surface area contributed by atoms with E-state index in [1.54, 1.807) is 54.6 Å². The molecular weight excluding hydrogens is 723 g/mol. The first kappa shape index (κ1) is 44.5. The quantitative estimate of drug-likeness (QED) is 0.0308. The molecule has 0 saturated heterocycles. The average molecular weight is 773 g/mol. The maximum Gasteiger partial charge on any atom is 0.374 e. The van der Waals surface area contributed by atoms with Crippen LogP contribution in [0.3, 0.4) is 0 Å². The van der Waals surface area contributed by atoms with Crippen molar-refractivity contribution < 1.29 is 56.8 Å². The van der Waals surface area contributed by atoms with E-state index in [9.17, 15) is 28.8 Å². The monoisotopic (exact) mass is 772 g/mol. The molecule has 12 heteroatoms. The number of halogens is 1. The second-order valence-electron chi connectivity index (χ2n) is 13.6. The molecule has 0 unspecified atom stereocenters. The number of hydrogen-bond donors (Lipinski definition) is 0. The van der Waals surface area contributed by atoms with Crippen molar-refractivity contribution >= 4 is 35.4 Å². The van der Waals surface area contributed by atoms with E-state index in [2.05, 4.69) is 20.1 Å². The summed E-state index contributed by atoms with van der Waals surface area (Å²) in [5, 5.41) is 0. The Labute approximate surface area is 326 Å². The third-order valence-corrected chi connectivity index (χ3v) is 8.72. The molecule has 3 aromatic carbocycles. The molecule has 0 atom stereocenters. The highest BCUT2D eigenvalue weighted by atomic mass is 19.1. The van der Waals surface area contributed by atoms with Crippen LogP contribution in [0.25, 0.3) is 22.3 Å². The summed E-state index contributed by atoms with van der Waals surface area (Å²) in [6, 6.07) is 17.3. The molecule has 11 nitrogen and oxygen atoms in total. The minimum atomic E-state index is -1.56. The first-order valence-electron chi connectivity index (χ1n) is 18.3. The van der Waals surface area contributed by atoms with Gasteiger partial charge < -0.3 is 23.7 Å². The highest BCUT2D eigenvalue weighted by Crippen LogP contribution is 2.33. The third-order valence-electron chi connectivity index (χ3n) is 8.72. The fourth-order valence-electron chi connectivity index (χ4n) is 5.45. The fourth-order valence-corrected chi connectivity index (χ4v) is 5.45. The number of carbonyl (C=O) groups is 6. The van der Waals surface area contributed by atoms with E-state index in [-0.39, 0.29) is 24.6 Å². The first-order valence-corrected chi connectivity index (χ1v) is 18.3. The number of hydrogen-bond acceptors (Lipinski definition) is 11. The van der Waals surface area contributed by atoms with Crippen LogP contribution < -0.4 is 4.74 Å². The smallest absolute Gasteiger partial charge is 0.374 e. The molecule has 0 aliphatic rings. The number of esters is 4. The molecule has 0 fully saturated rings. The van der Waals surface area contributed by atoms with Gasteiger partial charge in [-0.25, -0.2) is 23.6 Å². The van der Waals surface area contributed by atoms with Crippen LogP contribution in [-0.2, 0) is 60.7 Å². The third kappa shape index (κ3) is 13.7. The van der Waals surface area contributed by atoms with Gasteiger partial charge in [0.2, 0.25) is 11.6 Å². The summed E-state index contributed by atoms with van der Waals surface area (Å²) < 4.78 is 42.4. The Kier molecular flexibility index (Phi) is 17.4. The molecule has 0 spiro atoms. The molecule has 0 bridgehead atoms. The summed E-state index contributed by atoms with van der Waals surface area (Å²) in [7, 11) is 0. The number of benzene rings is 3. The van der Waals surface area contributed by atoms with Gasteiger partial charge in [0.25, 0.3) is 0 Å². The minimum Gasteiger partial charge on any atom is -0.493 e. The van der Waals surface area contributed by atoms with Crippen LogP contribution in [0.2, 0.25) is 0 Å². The number of ether oxygens (including phenoxy) is 5. The summed E-state index contributed by atoms with van der Waals surface area (Å²) in [6.45, 7) is 10.4. The van der Waals surface area contributed by atoms with Crippen LogP contribution in [0.1, 0.15) is 70.9 Å². The van der Waals surface area contributed by atoms with Crippen molar-refractivity contribution in [2.24, 2.45) is 5.41 Å². The Morgan fingerprint density at radius 3 is 1.80 bits per heavy atom. The molecule has 0 saturated carbocycles. The standard InChI is InChI=1S/C44H49FO11/c1-7-9-10-11-12-13-32-14-20-38(39(45)22-32)34-17-21-37(35(23-34)24-52-40(48)8-2)33-15-18-36(19-16-33)53-25-44(26-54-41(49)29(3)4,27-55-42(50)30(5)46)28-56-43(51)31(6)47/h8,14-23H,2-3,7,9-13,24-28H2,1,4-6H3. The summed E-state index contributed by atoms with van der Waals surface area (Å²) in [5.41, 5.74) is 2.44. The molecule has 0 aliphatic heterocycles. The van der Waals surface area contributed by atoms with Gasteiger partial charge in [-0.3, -0.25) is 9.59 Å². The lowest BCUT2D eigenvalue weighted by Crippen LogP contribution is -2.45. The van der Waals surface area contributed by atoms with Crippen molar-refractivity contribution in [3.63, 3.8) is 0 Å². The predicted octanol–water partition coefficient (Wildman–Crippen LogP) is 7.65. The molecule has 0 radical (unpaired) electrons. The zero-order valence-corrected chi connectivity index (χ0v) is 32.4. The summed E-state index contributed by atoms with van der Waals surface area (Å²) in [4.78, 5) is 71.8. The lowest BCUT2D eigenvalue weighted by molar-refractivity contribution is -0.168. The van der Waals surface area contributed by atoms with Crippen LogP contribution in [0, 0.1) is 11.2 Å². The van der Waals surface area contributed by atoms with Crippen LogP contribution in [0.15, 0.2) is 85.5 Å². The van der Waals surface area contributed by atoms with Gasteiger partial charge in [0, 0.05) is 31.1 Å². The van der Waals surface area contributed by atoms with Crippen molar-refractivity contribution in [1.82, 2.24) is 0 Å². The van der Waals surface area contributed by atoms with Crippen LogP contribution in [-0.4, -0.2) is 61.9 Å². The highest BCUT2D eigenvalue weighted by Gasteiger charge is 2.38. The molecule has 3 aromatic rings. The number of Topliss-reactive ketones (excluding diaryl/α,β-unsaturated/α-hetero) is 2. The number of rotatable bonds is 23. The lowest BCUT2D eigenvalue weighted by atomic mass is 9.92.